The standard InChI is InChI=1S/C19H14ClN5O/c1-12-11-15(20)7-8-16(12)22-18(26)14-5-3-13(4-6-14)17-23-24-19-21-9-2-10-25(17)19/h2-11H,1H3,(H,22,26). The first-order valence-electron chi connectivity index (χ1n) is 7.95. The van der Waals surface area contributed by atoms with Crippen molar-refractivity contribution in [3.63, 3.8) is 0 Å². The summed E-state index contributed by atoms with van der Waals surface area (Å²) in [5, 5.41) is 11.7. The van der Waals surface area contributed by atoms with Gasteiger partial charge in [-0.2, -0.15) is 0 Å². The van der Waals surface area contributed by atoms with Gasteiger partial charge in [0.2, 0.25) is 0 Å². The monoisotopic (exact) mass is 363 g/mol. The molecule has 0 radical (unpaired) electrons. The summed E-state index contributed by atoms with van der Waals surface area (Å²) < 4.78 is 1.80. The van der Waals surface area contributed by atoms with Gasteiger partial charge < -0.3 is 5.32 Å². The number of halogens is 1. The smallest absolute Gasteiger partial charge is 0.255 e. The van der Waals surface area contributed by atoms with Crippen LogP contribution in [0, 0.1) is 6.92 Å². The maximum atomic E-state index is 12.5. The van der Waals surface area contributed by atoms with Gasteiger partial charge in [-0.15, -0.1) is 10.2 Å². The number of hydrogen-bond acceptors (Lipinski definition) is 4. The van der Waals surface area contributed by atoms with Crippen LogP contribution in [0.4, 0.5) is 5.69 Å². The number of nitrogens with one attached hydrogen (secondary N) is 1. The molecule has 4 aromatic rings. The highest BCUT2D eigenvalue weighted by Gasteiger charge is 2.11. The van der Waals surface area contributed by atoms with Crippen LogP contribution in [0.15, 0.2) is 60.9 Å². The molecule has 0 aliphatic heterocycles. The lowest BCUT2D eigenvalue weighted by molar-refractivity contribution is 0.102. The van der Waals surface area contributed by atoms with Crippen molar-refractivity contribution in [3.05, 3.63) is 77.1 Å². The number of rotatable bonds is 3. The van der Waals surface area contributed by atoms with Crippen molar-refractivity contribution >= 4 is 29.0 Å². The first-order chi connectivity index (χ1) is 12.6. The second-order valence-electron chi connectivity index (χ2n) is 5.80. The Bertz CT molecular complexity index is 1100. The topological polar surface area (TPSA) is 72.2 Å². The van der Waals surface area contributed by atoms with Crippen LogP contribution in [0.3, 0.4) is 0 Å². The summed E-state index contributed by atoms with van der Waals surface area (Å²) in [4.78, 5) is 16.6. The molecule has 0 atom stereocenters. The van der Waals surface area contributed by atoms with Crippen molar-refractivity contribution < 1.29 is 4.79 Å². The summed E-state index contributed by atoms with van der Waals surface area (Å²) in [7, 11) is 0. The number of hydrogen-bond donors (Lipinski definition) is 1. The van der Waals surface area contributed by atoms with Gasteiger partial charge >= 0.3 is 0 Å². The second-order valence-corrected chi connectivity index (χ2v) is 6.24. The van der Waals surface area contributed by atoms with Crippen molar-refractivity contribution in [1.82, 2.24) is 19.6 Å². The Hall–Kier alpha value is -3.25. The second kappa shape index (κ2) is 6.57. The van der Waals surface area contributed by atoms with Gasteiger partial charge in [0.05, 0.1) is 0 Å². The number of fused-ring (bicyclic) bond motifs is 1. The molecule has 2 heterocycles. The lowest BCUT2D eigenvalue weighted by Gasteiger charge is -2.09. The number of aromatic nitrogens is 4. The van der Waals surface area contributed by atoms with Crippen LogP contribution in [0.5, 0.6) is 0 Å². The van der Waals surface area contributed by atoms with Gasteiger partial charge in [-0.25, -0.2) is 4.98 Å². The first-order valence-corrected chi connectivity index (χ1v) is 8.33. The number of amides is 1. The molecule has 0 aliphatic rings. The number of aryl methyl sites for hydroxylation is 1. The van der Waals surface area contributed by atoms with Crippen LogP contribution in [0.1, 0.15) is 15.9 Å². The zero-order valence-electron chi connectivity index (χ0n) is 13.8. The molecule has 0 spiro atoms. The Labute approximate surface area is 154 Å². The fraction of sp³-hybridized carbons (Fsp3) is 0.0526. The van der Waals surface area contributed by atoms with E-state index in [4.69, 9.17) is 11.6 Å². The van der Waals surface area contributed by atoms with E-state index in [0.717, 1.165) is 16.8 Å². The summed E-state index contributed by atoms with van der Waals surface area (Å²) in [5.41, 5.74) is 3.04. The van der Waals surface area contributed by atoms with Gasteiger partial charge in [0.15, 0.2) is 5.82 Å². The minimum atomic E-state index is -0.185. The molecular formula is C19H14ClN5O. The molecular weight excluding hydrogens is 350 g/mol. The number of benzene rings is 2. The third-order valence-corrected chi connectivity index (χ3v) is 4.27. The van der Waals surface area contributed by atoms with Crippen molar-refractivity contribution in [2.45, 2.75) is 6.92 Å². The fourth-order valence-electron chi connectivity index (χ4n) is 2.67. The Balaban J connectivity index is 1.58. The molecule has 1 amide bonds. The Morgan fingerprint density at radius 2 is 1.92 bits per heavy atom. The van der Waals surface area contributed by atoms with Gasteiger partial charge in [0, 0.05) is 34.2 Å². The molecule has 128 valence electrons. The Morgan fingerprint density at radius 3 is 2.69 bits per heavy atom. The van der Waals surface area contributed by atoms with Crippen molar-refractivity contribution in [2.75, 3.05) is 5.32 Å². The van der Waals surface area contributed by atoms with Gasteiger partial charge in [-0.05, 0) is 48.9 Å². The molecule has 0 saturated heterocycles. The number of carbonyl (C=O) groups is 1. The van der Waals surface area contributed by atoms with E-state index >= 15 is 0 Å². The third kappa shape index (κ3) is 3.02. The van der Waals surface area contributed by atoms with Crippen LogP contribution in [0.25, 0.3) is 17.2 Å². The molecule has 0 aliphatic carbocycles. The van der Waals surface area contributed by atoms with Crippen LogP contribution < -0.4 is 5.32 Å². The normalized spacial score (nSPS) is 10.8. The summed E-state index contributed by atoms with van der Waals surface area (Å²) in [5.74, 6) is 1.02. The van der Waals surface area contributed by atoms with Gasteiger partial charge in [-0.1, -0.05) is 23.7 Å². The van der Waals surface area contributed by atoms with Gasteiger partial charge in [0.25, 0.3) is 11.7 Å². The van der Waals surface area contributed by atoms with E-state index < -0.39 is 0 Å². The highest BCUT2D eigenvalue weighted by Crippen LogP contribution is 2.22. The highest BCUT2D eigenvalue weighted by atomic mass is 35.5. The van der Waals surface area contributed by atoms with Crippen molar-refractivity contribution in [2.24, 2.45) is 0 Å². The summed E-state index contributed by atoms with van der Waals surface area (Å²) in [6.07, 6.45) is 3.52. The molecule has 0 unspecified atom stereocenters. The van der Waals surface area contributed by atoms with Gasteiger partial charge in [-0.3, -0.25) is 9.20 Å². The average molecular weight is 364 g/mol. The molecule has 2 aromatic heterocycles. The van der Waals surface area contributed by atoms with E-state index in [-0.39, 0.29) is 5.91 Å². The van der Waals surface area contributed by atoms with E-state index in [1.807, 2.05) is 37.4 Å². The van der Waals surface area contributed by atoms with E-state index in [1.54, 1.807) is 34.9 Å². The molecule has 4 rings (SSSR count). The zero-order chi connectivity index (χ0) is 18.1. The van der Waals surface area contributed by atoms with Crippen molar-refractivity contribution in [3.8, 4) is 11.4 Å². The van der Waals surface area contributed by atoms with Crippen LogP contribution in [0.2, 0.25) is 5.02 Å². The SMILES string of the molecule is Cc1cc(Cl)ccc1NC(=O)c1ccc(-c2nnc3ncccn23)cc1. The Morgan fingerprint density at radius 1 is 1.12 bits per heavy atom. The highest BCUT2D eigenvalue weighted by molar-refractivity contribution is 6.30. The largest absolute Gasteiger partial charge is 0.322 e. The molecule has 1 N–H and O–H groups in total. The molecule has 0 fully saturated rings. The average Bonchev–Trinajstić information content (AvgIpc) is 3.08. The summed E-state index contributed by atoms with van der Waals surface area (Å²) >= 11 is 5.95. The lowest BCUT2D eigenvalue weighted by atomic mass is 10.1. The number of anilines is 1. The van der Waals surface area contributed by atoms with Crippen molar-refractivity contribution in [1.29, 1.82) is 0 Å². The fourth-order valence-corrected chi connectivity index (χ4v) is 2.90. The van der Waals surface area contributed by atoms with Gasteiger partial charge in [0.1, 0.15) is 0 Å². The predicted molar refractivity (Wildman–Crippen MR) is 100 cm³/mol. The van der Waals surface area contributed by atoms with E-state index in [2.05, 4.69) is 20.5 Å². The van der Waals surface area contributed by atoms with E-state index in [1.165, 1.54) is 0 Å². The zero-order valence-corrected chi connectivity index (χ0v) is 14.6. The summed E-state index contributed by atoms with van der Waals surface area (Å²) in [6, 6.07) is 14.4. The quantitative estimate of drug-likeness (QED) is 0.597. The minimum absolute atomic E-state index is 0.185. The van der Waals surface area contributed by atoms with E-state index in [0.29, 0.717) is 22.2 Å². The molecule has 26 heavy (non-hydrogen) atoms. The maximum absolute atomic E-state index is 12.5. The van der Waals surface area contributed by atoms with Crippen LogP contribution in [-0.4, -0.2) is 25.5 Å². The molecule has 6 nitrogen and oxygen atoms in total. The third-order valence-electron chi connectivity index (χ3n) is 4.03. The van der Waals surface area contributed by atoms with Crippen LogP contribution in [-0.2, 0) is 0 Å². The van der Waals surface area contributed by atoms with E-state index in [9.17, 15) is 4.79 Å². The number of nitrogens with zero attached hydrogens (tertiary/aromatic N) is 4. The minimum Gasteiger partial charge on any atom is -0.322 e. The summed E-state index contributed by atoms with van der Waals surface area (Å²) in [6.45, 7) is 1.90. The number of carbonyl (C=O) groups excluding carboxylic acids is 1. The first kappa shape index (κ1) is 16.2. The Kier molecular flexibility index (Phi) is 4.10. The maximum Gasteiger partial charge on any atom is 0.255 e. The lowest BCUT2D eigenvalue weighted by Crippen LogP contribution is -2.12. The molecule has 7 heteroatoms. The molecule has 2 aromatic carbocycles. The molecule has 0 bridgehead atoms. The van der Waals surface area contributed by atoms with Crippen LogP contribution >= 0.6 is 11.6 Å². The molecule has 0 saturated carbocycles. The predicted octanol–water partition coefficient (Wildman–Crippen LogP) is 4.01.